The fourth-order valence-corrected chi connectivity index (χ4v) is 3.32. The Morgan fingerprint density at radius 2 is 1.92 bits per heavy atom. The van der Waals surface area contributed by atoms with E-state index in [1.54, 1.807) is 0 Å². The lowest BCUT2D eigenvalue weighted by Crippen LogP contribution is -2.42. The normalized spacial score (nSPS) is 33.2. The van der Waals surface area contributed by atoms with Crippen LogP contribution in [0.15, 0.2) is 0 Å². The third kappa shape index (κ3) is 3.88. The SMILES string of the molecule is CC(CO)CN1CC(C)SC(C)C1. The molecule has 0 amide bonds. The fraction of sp³-hybridized carbons (Fsp3) is 1.00. The van der Waals surface area contributed by atoms with Crippen molar-refractivity contribution in [1.29, 1.82) is 0 Å². The fourth-order valence-electron chi connectivity index (χ4n) is 1.93. The van der Waals surface area contributed by atoms with E-state index in [0.717, 1.165) is 17.0 Å². The van der Waals surface area contributed by atoms with Crippen LogP contribution < -0.4 is 0 Å². The van der Waals surface area contributed by atoms with Crippen LogP contribution in [0, 0.1) is 5.92 Å². The lowest BCUT2D eigenvalue weighted by molar-refractivity contribution is 0.172. The summed E-state index contributed by atoms with van der Waals surface area (Å²) in [4.78, 5) is 2.48. The first-order valence-corrected chi connectivity index (χ1v) is 6.04. The van der Waals surface area contributed by atoms with E-state index in [1.165, 1.54) is 13.1 Å². The summed E-state index contributed by atoms with van der Waals surface area (Å²) in [6, 6.07) is 0. The summed E-state index contributed by atoms with van der Waals surface area (Å²) < 4.78 is 0. The molecule has 3 unspecified atom stereocenters. The molecule has 1 aliphatic heterocycles. The summed E-state index contributed by atoms with van der Waals surface area (Å²) in [5, 5.41) is 10.5. The standard InChI is InChI=1S/C10H21NOS/c1-8(7-12)4-11-5-9(2)13-10(3)6-11/h8-10,12H,4-7H2,1-3H3. The van der Waals surface area contributed by atoms with Crippen LogP contribution in [-0.4, -0.2) is 46.7 Å². The van der Waals surface area contributed by atoms with E-state index in [2.05, 4.69) is 37.4 Å². The zero-order valence-electron chi connectivity index (χ0n) is 8.86. The molecule has 0 aromatic carbocycles. The second-order valence-corrected chi connectivity index (χ2v) is 6.15. The predicted molar refractivity (Wildman–Crippen MR) is 59.2 cm³/mol. The summed E-state index contributed by atoms with van der Waals surface area (Å²) >= 11 is 2.08. The van der Waals surface area contributed by atoms with Crippen molar-refractivity contribution in [2.45, 2.75) is 31.3 Å². The van der Waals surface area contributed by atoms with Crippen LogP contribution in [0.25, 0.3) is 0 Å². The van der Waals surface area contributed by atoms with Crippen molar-refractivity contribution in [2.24, 2.45) is 5.92 Å². The second kappa shape index (κ2) is 5.23. The Hall–Kier alpha value is 0.270. The number of hydrogen-bond donors (Lipinski definition) is 1. The van der Waals surface area contributed by atoms with Crippen molar-refractivity contribution in [3.05, 3.63) is 0 Å². The number of aliphatic hydroxyl groups excluding tert-OH is 1. The van der Waals surface area contributed by atoms with Gasteiger partial charge in [0, 0.05) is 36.7 Å². The lowest BCUT2D eigenvalue weighted by atomic mass is 10.1. The summed E-state index contributed by atoms with van der Waals surface area (Å²) in [5.74, 6) is 0.419. The zero-order valence-corrected chi connectivity index (χ0v) is 9.68. The van der Waals surface area contributed by atoms with Gasteiger partial charge in [0.2, 0.25) is 0 Å². The van der Waals surface area contributed by atoms with E-state index < -0.39 is 0 Å². The number of nitrogens with zero attached hydrogens (tertiary/aromatic N) is 1. The molecule has 2 nitrogen and oxygen atoms in total. The van der Waals surface area contributed by atoms with Gasteiger partial charge in [-0.25, -0.2) is 0 Å². The van der Waals surface area contributed by atoms with Gasteiger partial charge in [0.1, 0.15) is 0 Å². The maximum absolute atomic E-state index is 8.97. The molecule has 3 heteroatoms. The number of thioether (sulfide) groups is 1. The van der Waals surface area contributed by atoms with Crippen LogP contribution in [0.5, 0.6) is 0 Å². The molecule has 1 aliphatic rings. The molecule has 0 aliphatic carbocycles. The van der Waals surface area contributed by atoms with Crippen molar-refractivity contribution in [1.82, 2.24) is 4.90 Å². The van der Waals surface area contributed by atoms with Crippen LogP contribution in [-0.2, 0) is 0 Å². The second-order valence-electron chi connectivity index (χ2n) is 4.26. The molecule has 0 radical (unpaired) electrons. The van der Waals surface area contributed by atoms with E-state index >= 15 is 0 Å². The average Bonchev–Trinajstić information content (AvgIpc) is 2.02. The number of hydrogen-bond acceptors (Lipinski definition) is 3. The van der Waals surface area contributed by atoms with Gasteiger partial charge in [-0.2, -0.15) is 11.8 Å². The minimum absolute atomic E-state index is 0.312. The smallest absolute Gasteiger partial charge is 0.0468 e. The van der Waals surface area contributed by atoms with Crippen LogP contribution in [0.3, 0.4) is 0 Å². The Morgan fingerprint density at radius 1 is 1.38 bits per heavy atom. The Labute approximate surface area is 85.7 Å². The average molecular weight is 203 g/mol. The molecule has 0 aromatic rings. The van der Waals surface area contributed by atoms with E-state index in [0.29, 0.717) is 12.5 Å². The van der Waals surface area contributed by atoms with Crippen molar-refractivity contribution in [3.8, 4) is 0 Å². The topological polar surface area (TPSA) is 23.5 Å². The van der Waals surface area contributed by atoms with Crippen LogP contribution in [0.4, 0.5) is 0 Å². The number of rotatable bonds is 3. The maximum atomic E-state index is 8.97. The largest absolute Gasteiger partial charge is 0.396 e. The Balaban J connectivity index is 2.32. The molecule has 78 valence electrons. The van der Waals surface area contributed by atoms with Gasteiger partial charge in [-0.1, -0.05) is 20.8 Å². The molecular formula is C10H21NOS. The van der Waals surface area contributed by atoms with E-state index in [-0.39, 0.29) is 0 Å². The van der Waals surface area contributed by atoms with Gasteiger partial charge in [0.25, 0.3) is 0 Å². The van der Waals surface area contributed by atoms with Gasteiger partial charge in [-0.05, 0) is 5.92 Å². The van der Waals surface area contributed by atoms with Gasteiger partial charge in [-0.3, -0.25) is 0 Å². The van der Waals surface area contributed by atoms with E-state index in [1.807, 2.05) is 0 Å². The molecule has 1 rings (SSSR count). The predicted octanol–water partition coefficient (Wildman–Crippen LogP) is 1.44. The van der Waals surface area contributed by atoms with Gasteiger partial charge >= 0.3 is 0 Å². The maximum Gasteiger partial charge on any atom is 0.0468 e. The molecule has 1 heterocycles. The lowest BCUT2D eigenvalue weighted by Gasteiger charge is -2.35. The minimum Gasteiger partial charge on any atom is -0.396 e. The van der Waals surface area contributed by atoms with E-state index in [4.69, 9.17) is 5.11 Å². The molecule has 0 bridgehead atoms. The Morgan fingerprint density at radius 3 is 2.38 bits per heavy atom. The van der Waals surface area contributed by atoms with Gasteiger partial charge < -0.3 is 10.0 Å². The van der Waals surface area contributed by atoms with Crippen molar-refractivity contribution < 1.29 is 5.11 Å². The molecule has 0 spiro atoms. The monoisotopic (exact) mass is 203 g/mol. The quantitative estimate of drug-likeness (QED) is 0.751. The van der Waals surface area contributed by atoms with Gasteiger partial charge in [0.05, 0.1) is 0 Å². The summed E-state index contributed by atoms with van der Waals surface area (Å²) in [6.45, 7) is 10.4. The molecule has 1 fully saturated rings. The third-order valence-corrected chi connectivity index (χ3v) is 3.60. The highest BCUT2D eigenvalue weighted by Crippen LogP contribution is 2.24. The van der Waals surface area contributed by atoms with Crippen LogP contribution in [0.2, 0.25) is 0 Å². The Bertz CT molecular complexity index is 144. The minimum atomic E-state index is 0.312. The molecule has 0 aromatic heterocycles. The van der Waals surface area contributed by atoms with Crippen molar-refractivity contribution in [2.75, 3.05) is 26.2 Å². The first kappa shape index (κ1) is 11.3. The van der Waals surface area contributed by atoms with Crippen LogP contribution in [0.1, 0.15) is 20.8 Å². The molecule has 1 N–H and O–H groups in total. The van der Waals surface area contributed by atoms with Gasteiger partial charge in [-0.15, -0.1) is 0 Å². The molecular weight excluding hydrogens is 182 g/mol. The van der Waals surface area contributed by atoms with Crippen molar-refractivity contribution in [3.63, 3.8) is 0 Å². The van der Waals surface area contributed by atoms with Gasteiger partial charge in [0.15, 0.2) is 0 Å². The highest BCUT2D eigenvalue weighted by atomic mass is 32.2. The van der Waals surface area contributed by atoms with Crippen LogP contribution >= 0.6 is 11.8 Å². The molecule has 1 saturated heterocycles. The first-order chi connectivity index (χ1) is 6.11. The summed E-state index contributed by atoms with van der Waals surface area (Å²) in [5.41, 5.74) is 0. The summed E-state index contributed by atoms with van der Waals surface area (Å²) in [6.07, 6.45) is 0. The number of aliphatic hydroxyl groups is 1. The highest BCUT2D eigenvalue weighted by molar-refractivity contribution is 8.00. The molecule has 3 atom stereocenters. The zero-order chi connectivity index (χ0) is 9.84. The summed E-state index contributed by atoms with van der Waals surface area (Å²) in [7, 11) is 0. The van der Waals surface area contributed by atoms with E-state index in [9.17, 15) is 0 Å². The molecule has 0 saturated carbocycles. The molecule has 13 heavy (non-hydrogen) atoms. The first-order valence-electron chi connectivity index (χ1n) is 5.10. The Kier molecular flexibility index (Phi) is 4.56. The highest BCUT2D eigenvalue weighted by Gasteiger charge is 2.22. The third-order valence-electron chi connectivity index (χ3n) is 2.38. The van der Waals surface area contributed by atoms with Crippen molar-refractivity contribution >= 4 is 11.8 Å².